The zero-order valence-corrected chi connectivity index (χ0v) is 11.4. The largest absolute Gasteiger partial charge is 0.422 e. The molecule has 2 nitrogen and oxygen atoms in total. The molecule has 2 N–H and O–H groups in total. The summed E-state index contributed by atoms with van der Waals surface area (Å²) in [5, 5.41) is 3.84. The molecule has 0 saturated carbocycles. The fraction of sp³-hybridized carbons (Fsp3) is 0.364. The Morgan fingerprint density at radius 3 is 1.71 bits per heavy atom. The lowest BCUT2D eigenvalue weighted by Gasteiger charge is -2.17. The minimum absolute atomic E-state index is 0.278. The summed E-state index contributed by atoms with van der Waals surface area (Å²) in [7, 11) is 0. The second-order valence-electron chi connectivity index (χ2n) is 4.26. The molecule has 0 heterocycles. The van der Waals surface area contributed by atoms with Crippen LogP contribution in [0.4, 0.5) is 36.4 Å². The van der Waals surface area contributed by atoms with Crippen LogP contribution in [-0.4, -0.2) is 11.2 Å². The Labute approximate surface area is 120 Å². The Kier molecular flexibility index (Phi) is 5.03. The van der Waals surface area contributed by atoms with Gasteiger partial charge in [-0.1, -0.05) is 0 Å². The van der Waals surface area contributed by atoms with Gasteiger partial charge in [0.25, 0.3) is 0 Å². The van der Waals surface area contributed by atoms with Gasteiger partial charge < -0.3 is 10.6 Å². The molecule has 10 heteroatoms. The van der Waals surface area contributed by atoms with Gasteiger partial charge in [0.1, 0.15) is 11.3 Å². The Balaban J connectivity index is 3.35. The predicted molar refractivity (Wildman–Crippen MR) is 65.8 cm³/mol. The van der Waals surface area contributed by atoms with Crippen LogP contribution in [0, 0.1) is 23.3 Å². The Hall–Kier alpha value is -1.58. The fourth-order valence-corrected chi connectivity index (χ4v) is 1.74. The number of hydrogen-bond donors (Lipinski definition) is 2. The number of benzene rings is 1. The van der Waals surface area contributed by atoms with Crippen molar-refractivity contribution in [2.75, 3.05) is 5.32 Å². The van der Waals surface area contributed by atoms with Crippen molar-refractivity contribution >= 4 is 23.0 Å². The Morgan fingerprint density at radius 2 is 1.38 bits per heavy atom. The minimum atomic E-state index is -5.58. The summed E-state index contributed by atoms with van der Waals surface area (Å²) in [4.78, 5) is 0. The van der Waals surface area contributed by atoms with Gasteiger partial charge in [-0.05, 0) is 26.1 Å². The summed E-state index contributed by atoms with van der Waals surface area (Å²) < 4.78 is 90.7. The molecule has 0 aliphatic rings. The van der Waals surface area contributed by atoms with Crippen LogP contribution in [0.3, 0.4) is 0 Å². The average Bonchev–Trinajstić information content (AvgIpc) is 2.29. The molecule has 1 aromatic carbocycles. The molecule has 0 aromatic heterocycles. The predicted octanol–water partition coefficient (Wildman–Crippen LogP) is 3.96. The molecule has 1 aromatic rings. The number of halogens is 7. The van der Waals surface area contributed by atoms with E-state index in [2.05, 4.69) is 17.5 Å². The lowest BCUT2D eigenvalue weighted by atomic mass is 10.1. The van der Waals surface area contributed by atoms with Gasteiger partial charge in [-0.15, -0.1) is 0 Å². The van der Waals surface area contributed by atoms with E-state index < -0.39 is 45.8 Å². The van der Waals surface area contributed by atoms with Crippen molar-refractivity contribution < 1.29 is 30.7 Å². The molecule has 0 aliphatic heterocycles. The van der Waals surface area contributed by atoms with Crippen molar-refractivity contribution in [3.8, 4) is 0 Å². The molecule has 0 atom stereocenters. The third-order valence-electron chi connectivity index (χ3n) is 2.21. The van der Waals surface area contributed by atoms with Crippen molar-refractivity contribution in [2.45, 2.75) is 26.1 Å². The van der Waals surface area contributed by atoms with Gasteiger partial charge in [-0.2, -0.15) is 13.2 Å². The van der Waals surface area contributed by atoms with Crippen LogP contribution in [-0.2, 0) is 6.18 Å². The Morgan fingerprint density at radius 1 is 0.952 bits per heavy atom. The highest BCUT2D eigenvalue weighted by Gasteiger charge is 2.42. The maximum Gasteiger partial charge on any atom is 0.422 e. The van der Waals surface area contributed by atoms with Crippen LogP contribution in [0.1, 0.15) is 19.4 Å². The maximum atomic E-state index is 13.5. The van der Waals surface area contributed by atoms with Crippen molar-refractivity contribution in [1.29, 1.82) is 0 Å². The first-order valence-corrected chi connectivity index (χ1v) is 5.88. The molecule has 1 rings (SSSR count). The molecule has 0 spiro atoms. The van der Waals surface area contributed by atoms with Gasteiger partial charge in [-0.25, -0.2) is 17.6 Å². The van der Waals surface area contributed by atoms with Crippen molar-refractivity contribution in [1.82, 2.24) is 5.32 Å². The number of thiocarbonyl (C=S) groups is 1. The van der Waals surface area contributed by atoms with Crippen LogP contribution < -0.4 is 10.6 Å². The molecule has 21 heavy (non-hydrogen) atoms. The zero-order valence-electron chi connectivity index (χ0n) is 10.6. The van der Waals surface area contributed by atoms with Gasteiger partial charge in [-0.3, -0.25) is 0 Å². The normalized spacial score (nSPS) is 11.7. The topological polar surface area (TPSA) is 24.1 Å². The molecule has 0 bridgehead atoms. The van der Waals surface area contributed by atoms with Crippen LogP contribution in [0.25, 0.3) is 0 Å². The molecule has 0 aliphatic carbocycles. The summed E-state index contributed by atoms with van der Waals surface area (Å²) in [6.07, 6.45) is -5.58. The first-order valence-electron chi connectivity index (χ1n) is 5.47. The first-order chi connectivity index (χ1) is 9.46. The van der Waals surface area contributed by atoms with Gasteiger partial charge in [0.15, 0.2) is 28.4 Å². The Bertz CT molecular complexity index is 540. The number of alkyl halides is 3. The number of nitrogens with one attached hydrogen (secondary N) is 2. The maximum absolute atomic E-state index is 13.5. The number of anilines is 1. The molecule has 118 valence electrons. The molecular weight excluding hydrogens is 325 g/mol. The van der Waals surface area contributed by atoms with Gasteiger partial charge in [0, 0.05) is 6.04 Å². The van der Waals surface area contributed by atoms with E-state index in [0.717, 1.165) is 0 Å². The quantitative estimate of drug-likeness (QED) is 0.486. The van der Waals surface area contributed by atoms with Crippen LogP contribution in [0.2, 0.25) is 0 Å². The number of rotatable bonds is 2. The molecule has 0 radical (unpaired) electrons. The van der Waals surface area contributed by atoms with E-state index in [1.54, 1.807) is 19.2 Å². The van der Waals surface area contributed by atoms with E-state index in [1.165, 1.54) is 0 Å². The van der Waals surface area contributed by atoms with E-state index in [9.17, 15) is 30.7 Å². The third-order valence-corrected chi connectivity index (χ3v) is 2.43. The molecule has 0 saturated heterocycles. The smallest absolute Gasteiger partial charge is 0.360 e. The van der Waals surface area contributed by atoms with E-state index in [4.69, 9.17) is 0 Å². The summed E-state index contributed by atoms with van der Waals surface area (Å²) in [6.45, 7) is 3.21. The second-order valence-corrected chi connectivity index (χ2v) is 4.67. The average molecular weight is 334 g/mol. The van der Waals surface area contributed by atoms with E-state index in [1.807, 2.05) is 0 Å². The van der Waals surface area contributed by atoms with Crippen LogP contribution >= 0.6 is 12.2 Å². The molecule has 0 fully saturated rings. The number of hydrogen-bond acceptors (Lipinski definition) is 1. The van der Waals surface area contributed by atoms with Crippen molar-refractivity contribution in [3.63, 3.8) is 0 Å². The highest BCUT2D eigenvalue weighted by Crippen LogP contribution is 2.38. The highest BCUT2D eigenvalue weighted by atomic mass is 32.1. The molecule has 0 unspecified atom stereocenters. The van der Waals surface area contributed by atoms with Crippen LogP contribution in [0.5, 0.6) is 0 Å². The van der Waals surface area contributed by atoms with E-state index >= 15 is 0 Å². The zero-order chi connectivity index (χ0) is 16.5. The summed E-state index contributed by atoms with van der Waals surface area (Å²) in [6, 6.07) is -0.278. The van der Waals surface area contributed by atoms with Gasteiger partial charge in [0.05, 0.1) is 0 Å². The third kappa shape index (κ3) is 3.74. The molecular formula is C11H9F7N2S. The lowest BCUT2D eigenvalue weighted by Crippen LogP contribution is -2.34. The van der Waals surface area contributed by atoms with Crippen molar-refractivity contribution in [2.24, 2.45) is 0 Å². The first kappa shape index (κ1) is 17.5. The highest BCUT2D eigenvalue weighted by molar-refractivity contribution is 7.80. The van der Waals surface area contributed by atoms with E-state index in [0.29, 0.717) is 0 Å². The van der Waals surface area contributed by atoms with Gasteiger partial charge >= 0.3 is 6.18 Å². The second kappa shape index (κ2) is 6.04. The van der Waals surface area contributed by atoms with Gasteiger partial charge in [0.2, 0.25) is 0 Å². The lowest BCUT2D eigenvalue weighted by molar-refractivity contribution is -0.143. The van der Waals surface area contributed by atoms with E-state index in [-0.39, 0.29) is 6.04 Å². The fourth-order valence-electron chi connectivity index (χ4n) is 1.40. The minimum Gasteiger partial charge on any atom is -0.360 e. The summed E-state index contributed by atoms with van der Waals surface area (Å²) in [5.41, 5.74) is -4.07. The SMILES string of the molecule is CC(C)NC(=S)Nc1c(F)c(F)c(C(F)(F)F)c(F)c1F. The summed E-state index contributed by atoms with van der Waals surface area (Å²) in [5.74, 6) is -9.52. The standard InChI is InChI=1S/C11H9F7N2S/c1-3(2)19-10(21)20-9-7(14)5(12)4(11(16,17)18)6(13)8(9)15/h3H,1-2H3,(H2,19,20,21). The summed E-state index contributed by atoms with van der Waals surface area (Å²) >= 11 is 4.60. The monoisotopic (exact) mass is 334 g/mol. The molecule has 0 amide bonds. The van der Waals surface area contributed by atoms with Crippen LogP contribution in [0.15, 0.2) is 0 Å². The van der Waals surface area contributed by atoms with Crippen molar-refractivity contribution in [3.05, 3.63) is 28.8 Å².